The number of carbonyl (C=O) groups is 1. The number of aromatic hydroxyl groups is 1. The fourth-order valence-electron chi connectivity index (χ4n) is 2.94. The van der Waals surface area contributed by atoms with Crippen LogP contribution in [0.1, 0.15) is 26.8 Å². The zero-order valence-electron chi connectivity index (χ0n) is 15.1. The molecule has 1 N–H and O–H groups in total. The molecule has 1 aliphatic rings. The zero-order chi connectivity index (χ0) is 19.6. The number of nitriles is 1. The fraction of sp³-hybridized carbons (Fsp3) is 0.500. The second-order valence-corrected chi connectivity index (χ2v) is 6.71. The maximum atomic E-state index is 12.4. The van der Waals surface area contributed by atoms with E-state index in [0.717, 1.165) is 4.57 Å². The molecule has 0 aromatic carbocycles. The topological polar surface area (TPSA) is 106 Å². The van der Waals surface area contributed by atoms with Gasteiger partial charge in [-0.05, 0) is 18.4 Å². The van der Waals surface area contributed by atoms with E-state index in [1.807, 2.05) is 19.9 Å². The number of ether oxygens (including phenoxy) is 2. The summed E-state index contributed by atoms with van der Waals surface area (Å²) in [6.07, 6.45) is 8.08. The third-order valence-electron chi connectivity index (χ3n) is 4.80. The van der Waals surface area contributed by atoms with Crippen LogP contribution in [0.25, 0.3) is 0 Å². The fourth-order valence-corrected chi connectivity index (χ4v) is 2.94. The molecular formula is C18H21N3O5. The molecule has 3 atom stereocenters. The molecule has 1 aromatic rings. The number of methoxy groups -OCH3 is 1. The largest absolute Gasteiger partial charge is 0.493 e. The minimum absolute atomic E-state index is 0.132. The lowest BCUT2D eigenvalue weighted by atomic mass is 10.1. The first-order valence-corrected chi connectivity index (χ1v) is 7.98. The number of carbonyl (C=O) groups excluding carboxylic acids is 1. The molecule has 1 aliphatic carbocycles. The molecule has 138 valence electrons. The van der Waals surface area contributed by atoms with Crippen LogP contribution in [-0.4, -0.2) is 27.3 Å². The van der Waals surface area contributed by atoms with Crippen LogP contribution in [-0.2, 0) is 21.0 Å². The Labute approximate surface area is 151 Å². The number of hydrogen-bond donors (Lipinski definition) is 1. The third kappa shape index (κ3) is 3.31. The van der Waals surface area contributed by atoms with Gasteiger partial charge in [-0.1, -0.05) is 19.8 Å². The van der Waals surface area contributed by atoms with E-state index in [9.17, 15) is 14.7 Å². The number of imidazole rings is 1. The summed E-state index contributed by atoms with van der Waals surface area (Å²) in [4.78, 5) is 24.6. The van der Waals surface area contributed by atoms with Crippen molar-refractivity contribution in [2.45, 2.75) is 33.5 Å². The smallest absolute Gasteiger partial charge is 0.334 e. The van der Waals surface area contributed by atoms with Gasteiger partial charge in [0.15, 0.2) is 12.5 Å². The standard InChI is InChI=1S/C18H21N3O5/c1-6-11(2)20-9-14(22)21(17(20)24)10-26-16(23)15-13(18(15,3)4)7-12(8-19)25-5/h1,7,9,11,13,15,22H,10H2,2-5H3. The third-order valence-corrected chi connectivity index (χ3v) is 4.80. The lowest BCUT2D eigenvalue weighted by Gasteiger charge is -2.07. The summed E-state index contributed by atoms with van der Waals surface area (Å²) in [6, 6.07) is 1.36. The summed E-state index contributed by atoms with van der Waals surface area (Å²) in [5.74, 6) is 0.981. The lowest BCUT2D eigenvalue weighted by Crippen LogP contribution is -2.27. The van der Waals surface area contributed by atoms with Gasteiger partial charge in [-0.3, -0.25) is 9.36 Å². The monoisotopic (exact) mass is 359 g/mol. The number of allylic oxidation sites excluding steroid dienone is 2. The highest BCUT2D eigenvalue weighted by molar-refractivity contribution is 5.78. The average molecular weight is 359 g/mol. The number of rotatable bonds is 6. The molecule has 1 heterocycles. The van der Waals surface area contributed by atoms with E-state index >= 15 is 0 Å². The molecule has 2 rings (SSSR count). The van der Waals surface area contributed by atoms with Gasteiger partial charge in [-0.25, -0.2) is 9.36 Å². The molecule has 26 heavy (non-hydrogen) atoms. The van der Waals surface area contributed by atoms with Crippen molar-refractivity contribution in [2.75, 3.05) is 7.11 Å². The molecule has 0 saturated heterocycles. The molecule has 3 unspecified atom stereocenters. The zero-order valence-corrected chi connectivity index (χ0v) is 15.1. The second-order valence-electron chi connectivity index (χ2n) is 6.71. The number of nitrogens with zero attached hydrogens (tertiary/aromatic N) is 3. The Balaban J connectivity index is 2.10. The maximum Gasteiger partial charge on any atom is 0.334 e. The van der Waals surface area contributed by atoms with Crippen LogP contribution >= 0.6 is 0 Å². The van der Waals surface area contributed by atoms with Gasteiger partial charge in [0.05, 0.1) is 25.3 Å². The SMILES string of the molecule is C#CC(C)n1cc(O)n(COC(=O)C2C(C=C(C#N)OC)C2(C)C)c1=O. The number of aromatic nitrogens is 2. The van der Waals surface area contributed by atoms with Gasteiger partial charge in [0, 0.05) is 5.92 Å². The van der Waals surface area contributed by atoms with Gasteiger partial charge < -0.3 is 14.6 Å². The van der Waals surface area contributed by atoms with Crippen LogP contribution in [0.5, 0.6) is 5.88 Å². The summed E-state index contributed by atoms with van der Waals surface area (Å²) < 4.78 is 12.2. The minimum Gasteiger partial charge on any atom is -0.493 e. The molecule has 0 radical (unpaired) electrons. The minimum atomic E-state index is -0.571. The Kier molecular flexibility index (Phi) is 5.17. The highest BCUT2D eigenvalue weighted by Gasteiger charge is 2.62. The molecule has 0 aliphatic heterocycles. The number of terminal acetylenes is 1. The Bertz CT molecular complexity index is 878. The first-order chi connectivity index (χ1) is 12.2. The van der Waals surface area contributed by atoms with Gasteiger partial charge in [0.25, 0.3) is 0 Å². The van der Waals surface area contributed by atoms with Crippen molar-refractivity contribution in [3.63, 3.8) is 0 Å². The van der Waals surface area contributed by atoms with Crippen molar-refractivity contribution >= 4 is 5.97 Å². The van der Waals surface area contributed by atoms with Crippen LogP contribution in [0.3, 0.4) is 0 Å². The van der Waals surface area contributed by atoms with E-state index in [0.29, 0.717) is 0 Å². The summed E-state index contributed by atoms with van der Waals surface area (Å²) in [7, 11) is 1.38. The van der Waals surface area contributed by atoms with E-state index in [2.05, 4.69) is 5.92 Å². The molecule has 1 fully saturated rings. The van der Waals surface area contributed by atoms with Crippen molar-refractivity contribution in [2.24, 2.45) is 17.3 Å². The predicted octanol–water partition coefficient (Wildman–Crippen LogP) is 1.38. The van der Waals surface area contributed by atoms with E-state index < -0.39 is 35.8 Å². The molecule has 0 bridgehead atoms. The maximum absolute atomic E-state index is 12.4. The van der Waals surface area contributed by atoms with E-state index in [1.54, 1.807) is 13.0 Å². The van der Waals surface area contributed by atoms with Crippen LogP contribution < -0.4 is 5.69 Å². The normalized spacial score (nSPS) is 22.0. The quantitative estimate of drug-likeness (QED) is 0.356. The van der Waals surface area contributed by atoms with Gasteiger partial charge in [0.1, 0.15) is 6.07 Å². The Morgan fingerprint density at radius 2 is 2.23 bits per heavy atom. The molecule has 0 amide bonds. The molecule has 8 nitrogen and oxygen atoms in total. The first-order valence-electron chi connectivity index (χ1n) is 7.98. The average Bonchev–Trinajstić information content (AvgIpc) is 3.02. The second kappa shape index (κ2) is 7.01. The molecular weight excluding hydrogens is 338 g/mol. The molecule has 1 saturated carbocycles. The van der Waals surface area contributed by atoms with E-state index in [4.69, 9.17) is 21.2 Å². The van der Waals surface area contributed by atoms with Crippen LogP contribution in [0.15, 0.2) is 22.8 Å². The molecule has 8 heteroatoms. The first kappa shape index (κ1) is 19.2. The summed E-state index contributed by atoms with van der Waals surface area (Å²) in [5, 5.41) is 18.8. The molecule has 1 aromatic heterocycles. The van der Waals surface area contributed by atoms with E-state index in [1.165, 1.54) is 17.9 Å². The Morgan fingerprint density at radius 1 is 1.58 bits per heavy atom. The van der Waals surface area contributed by atoms with Crippen molar-refractivity contribution in [1.29, 1.82) is 5.26 Å². The number of esters is 1. The number of hydrogen-bond acceptors (Lipinski definition) is 6. The van der Waals surface area contributed by atoms with Crippen LogP contribution in [0.4, 0.5) is 0 Å². The predicted molar refractivity (Wildman–Crippen MR) is 91.5 cm³/mol. The highest BCUT2D eigenvalue weighted by atomic mass is 16.5. The van der Waals surface area contributed by atoms with Crippen molar-refractivity contribution in [1.82, 2.24) is 9.13 Å². The van der Waals surface area contributed by atoms with Crippen molar-refractivity contribution in [3.05, 3.63) is 28.5 Å². The van der Waals surface area contributed by atoms with E-state index in [-0.39, 0.29) is 17.6 Å². The van der Waals surface area contributed by atoms with Gasteiger partial charge in [-0.2, -0.15) is 5.26 Å². The van der Waals surface area contributed by atoms with Gasteiger partial charge >= 0.3 is 11.7 Å². The van der Waals surface area contributed by atoms with Crippen molar-refractivity contribution in [3.8, 4) is 24.3 Å². The lowest BCUT2D eigenvalue weighted by molar-refractivity contribution is -0.150. The summed E-state index contributed by atoms with van der Waals surface area (Å²) in [6.45, 7) is 4.95. The summed E-state index contributed by atoms with van der Waals surface area (Å²) in [5.41, 5.74) is -0.965. The van der Waals surface area contributed by atoms with Crippen molar-refractivity contribution < 1.29 is 19.4 Å². The van der Waals surface area contributed by atoms with Crippen LogP contribution in [0.2, 0.25) is 0 Å². The molecule has 0 spiro atoms. The summed E-state index contributed by atoms with van der Waals surface area (Å²) >= 11 is 0. The highest BCUT2D eigenvalue weighted by Crippen LogP contribution is 2.59. The van der Waals surface area contributed by atoms with Gasteiger partial charge in [-0.15, -0.1) is 6.42 Å². The Hall–Kier alpha value is -3.13. The van der Waals surface area contributed by atoms with Crippen LogP contribution in [0, 0.1) is 40.9 Å². The Morgan fingerprint density at radius 3 is 2.77 bits per heavy atom. The van der Waals surface area contributed by atoms with Gasteiger partial charge in [0.2, 0.25) is 5.88 Å².